The number of benzene rings is 1. The van der Waals surface area contributed by atoms with E-state index in [0.717, 1.165) is 51.1 Å². The predicted octanol–water partition coefficient (Wildman–Crippen LogP) is 3.08. The number of carbonyl (C=O) groups is 1. The first-order valence-electron chi connectivity index (χ1n) is 10.1. The van der Waals surface area contributed by atoms with E-state index >= 15 is 0 Å². The number of thiophene rings is 1. The number of aryl methyl sites for hydroxylation is 2. The van der Waals surface area contributed by atoms with Crippen molar-refractivity contribution in [2.75, 3.05) is 25.0 Å². The first-order chi connectivity index (χ1) is 13.2. The number of rotatable bonds is 9. The minimum absolute atomic E-state index is 0.0927. The molecule has 3 rings (SSSR count). The van der Waals surface area contributed by atoms with E-state index in [-0.39, 0.29) is 12.0 Å². The van der Waals surface area contributed by atoms with E-state index in [4.69, 9.17) is 4.74 Å². The van der Waals surface area contributed by atoms with Crippen LogP contribution in [0, 0.1) is 0 Å². The maximum atomic E-state index is 12.9. The van der Waals surface area contributed by atoms with Crippen LogP contribution in [-0.2, 0) is 28.9 Å². The molecule has 1 aromatic heterocycles. The van der Waals surface area contributed by atoms with Crippen molar-refractivity contribution in [1.29, 1.82) is 0 Å². The predicted molar refractivity (Wildman–Crippen MR) is 112 cm³/mol. The normalized spacial score (nSPS) is 17.8. The zero-order valence-corrected chi connectivity index (χ0v) is 17.2. The van der Waals surface area contributed by atoms with Gasteiger partial charge in [-0.2, -0.15) is 0 Å². The summed E-state index contributed by atoms with van der Waals surface area (Å²) in [7, 11) is 0. The fourth-order valence-electron chi connectivity index (χ4n) is 3.81. The van der Waals surface area contributed by atoms with Crippen LogP contribution < -0.4 is 10.2 Å². The van der Waals surface area contributed by atoms with E-state index in [0.29, 0.717) is 6.54 Å². The molecule has 0 spiro atoms. The topological polar surface area (TPSA) is 42.8 Å². The zero-order valence-electron chi connectivity index (χ0n) is 16.4. The molecule has 1 unspecified atom stereocenters. The fourth-order valence-corrected chi connectivity index (χ4v) is 4.58. The number of quaternary nitrogens is 1. The average molecular weight is 388 g/mol. The molecule has 2 aromatic rings. The summed E-state index contributed by atoms with van der Waals surface area (Å²) in [6.45, 7) is 7.36. The van der Waals surface area contributed by atoms with Gasteiger partial charge in [-0.1, -0.05) is 38.1 Å². The Morgan fingerprint density at radius 2 is 2.00 bits per heavy atom. The second-order valence-corrected chi connectivity index (χ2v) is 8.26. The Kier molecular flexibility index (Phi) is 7.44. The highest BCUT2D eigenvalue weighted by atomic mass is 32.1. The molecular weight excluding hydrogens is 356 g/mol. The van der Waals surface area contributed by atoms with Crippen molar-refractivity contribution in [3.63, 3.8) is 0 Å². The van der Waals surface area contributed by atoms with Gasteiger partial charge in [0, 0.05) is 12.3 Å². The maximum Gasteiger partial charge on any atom is 0.279 e. The molecule has 0 aliphatic carbocycles. The van der Waals surface area contributed by atoms with E-state index in [9.17, 15) is 4.79 Å². The van der Waals surface area contributed by atoms with Gasteiger partial charge in [0.25, 0.3) is 5.91 Å². The SMILES string of the molecule is CCc1cccc(CC)c1NC(=O)C[NH+](Cc1cccs1)C[C@@H]1CCCO1. The van der Waals surface area contributed by atoms with Crippen LogP contribution in [0.2, 0.25) is 0 Å². The van der Waals surface area contributed by atoms with Crippen molar-refractivity contribution in [3.05, 3.63) is 51.7 Å². The molecule has 1 aromatic carbocycles. The summed E-state index contributed by atoms with van der Waals surface area (Å²) < 4.78 is 5.83. The summed E-state index contributed by atoms with van der Waals surface area (Å²) in [4.78, 5) is 15.5. The number of hydrogen-bond donors (Lipinski definition) is 2. The molecule has 1 saturated heterocycles. The molecule has 27 heavy (non-hydrogen) atoms. The first kappa shape index (κ1) is 20.1. The van der Waals surface area contributed by atoms with Crippen molar-refractivity contribution >= 4 is 22.9 Å². The lowest BCUT2D eigenvalue weighted by molar-refractivity contribution is -0.908. The zero-order chi connectivity index (χ0) is 19.1. The number of carbonyl (C=O) groups excluding carboxylic acids is 1. The number of nitrogens with one attached hydrogen (secondary N) is 2. The van der Waals surface area contributed by atoms with Crippen molar-refractivity contribution in [1.82, 2.24) is 0 Å². The van der Waals surface area contributed by atoms with Crippen LogP contribution in [0.4, 0.5) is 5.69 Å². The van der Waals surface area contributed by atoms with Gasteiger partial charge >= 0.3 is 0 Å². The summed E-state index contributed by atoms with van der Waals surface area (Å²) in [5.41, 5.74) is 3.43. The highest BCUT2D eigenvalue weighted by Gasteiger charge is 2.24. The second-order valence-electron chi connectivity index (χ2n) is 7.23. The van der Waals surface area contributed by atoms with Gasteiger partial charge in [0.15, 0.2) is 6.54 Å². The van der Waals surface area contributed by atoms with Crippen LogP contribution in [0.15, 0.2) is 35.7 Å². The highest BCUT2D eigenvalue weighted by Crippen LogP contribution is 2.22. The van der Waals surface area contributed by atoms with Crippen molar-refractivity contribution in [3.8, 4) is 0 Å². The van der Waals surface area contributed by atoms with E-state index in [1.165, 1.54) is 20.9 Å². The highest BCUT2D eigenvalue weighted by molar-refractivity contribution is 7.09. The largest absolute Gasteiger partial charge is 0.372 e. The molecule has 1 aliphatic rings. The van der Waals surface area contributed by atoms with Gasteiger partial charge in [-0.25, -0.2) is 0 Å². The molecule has 1 amide bonds. The van der Waals surface area contributed by atoms with Crippen LogP contribution in [0.5, 0.6) is 0 Å². The first-order valence-corrected chi connectivity index (χ1v) is 11.0. The Morgan fingerprint density at radius 3 is 2.59 bits per heavy atom. The van der Waals surface area contributed by atoms with Crippen LogP contribution in [0.1, 0.15) is 42.7 Å². The summed E-state index contributed by atoms with van der Waals surface area (Å²) in [5, 5.41) is 5.32. The minimum atomic E-state index is 0.0927. The molecule has 4 nitrogen and oxygen atoms in total. The van der Waals surface area contributed by atoms with Crippen LogP contribution in [0.25, 0.3) is 0 Å². The summed E-state index contributed by atoms with van der Waals surface area (Å²) in [5.74, 6) is 0.0927. The third-order valence-electron chi connectivity index (χ3n) is 5.22. The Morgan fingerprint density at radius 1 is 1.22 bits per heavy atom. The lowest BCUT2D eigenvalue weighted by Crippen LogP contribution is -3.12. The molecule has 5 heteroatoms. The maximum absolute atomic E-state index is 12.9. The van der Waals surface area contributed by atoms with E-state index < -0.39 is 0 Å². The second kappa shape index (κ2) is 10.0. The van der Waals surface area contributed by atoms with E-state index in [2.05, 4.69) is 54.9 Å². The van der Waals surface area contributed by atoms with Gasteiger partial charge in [-0.3, -0.25) is 4.79 Å². The van der Waals surface area contributed by atoms with Crippen LogP contribution in [0.3, 0.4) is 0 Å². The molecule has 2 N–H and O–H groups in total. The van der Waals surface area contributed by atoms with Gasteiger partial charge in [-0.05, 0) is 48.3 Å². The third-order valence-corrected chi connectivity index (χ3v) is 6.09. The minimum Gasteiger partial charge on any atom is -0.372 e. The van der Waals surface area contributed by atoms with Gasteiger partial charge in [0.1, 0.15) is 19.2 Å². The number of ether oxygens (including phenoxy) is 1. The van der Waals surface area contributed by atoms with Crippen molar-refractivity contribution in [2.45, 2.75) is 52.2 Å². The molecular formula is C22H31N2O2S+. The van der Waals surface area contributed by atoms with Gasteiger partial charge < -0.3 is 15.0 Å². The molecule has 2 atom stereocenters. The molecule has 0 saturated carbocycles. The molecule has 0 bridgehead atoms. The Bertz CT molecular complexity index is 702. The summed E-state index contributed by atoms with van der Waals surface area (Å²) in [6.07, 6.45) is 4.36. The van der Waals surface area contributed by atoms with Crippen molar-refractivity contribution < 1.29 is 14.4 Å². The molecule has 0 radical (unpaired) electrons. The number of hydrogen-bond acceptors (Lipinski definition) is 3. The number of anilines is 1. The van der Waals surface area contributed by atoms with Gasteiger partial charge in [0.05, 0.1) is 4.88 Å². The van der Waals surface area contributed by atoms with Crippen molar-refractivity contribution in [2.24, 2.45) is 0 Å². The summed E-state index contributed by atoms with van der Waals surface area (Å²) in [6, 6.07) is 10.5. The Hall–Kier alpha value is -1.69. The number of amides is 1. The Labute approximate surface area is 166 Å². The lowest BCUT2D eigenvalue weighted by Gasteiger charge is -2.22. The lowest BCUT2D eigenvalue weighted by atomic mass is 10.0. The molecule has 2 heterocycles. The Balaban J connectivity index is 1.68. The van der Waals surface area contributed by atoms with Crippen LogP contribution >= 0.6 is 11.3 Å². The summed E-state index contributed by atoms with van der Waals surface area (Å²) >= 11 is 1.76. The molecule has 1 fully saturated rings. The third kappa shape index (κ3) is 5.64. The molecule has 1 aliphatic heterocycles. The van der Waals surface area contributed by atoms with Gasteiger partial charge in [-0.15, -0.1) is 11.3 Å². The van der Waals surface area contributed by atoms with Gasteiger partial charge in [0.2, 0.25) is 0 Å². The average Bonchev–Trinajstić information content (AvgIpc) is 3.36. The standard InChI is InChI=1S/C22H30N2O2S/c1-3-17-8-5-9-18(4-2)22(17)23-21(25)16-24(14-19-10-6-12-26-19)15-20-11-7-13-27-20/h5,7-9,11,13,19H,3-4,6,10,12,14-16H2,1-2H3,(H,23,25)/p+1/t19-/m0/s1. The molecule has 146 valence electrons. The fraction of sp³-hybridized carbons (Fsp3) is 0.500. The van der Waals surface area contributed by atoms with Crippen LogP contribution in [-0.4, -0.2) is 31.7 Å². The van der Waals surface area contributed by atoms with E-state index in [1.807, 2.05) is 0 Å². The monoisotopic (exact) mass is 387 g/mol. The smallest absolute Gasteiger partial charge is 0.279 e. The quantitative estimate of drug-likeness (QED) is 0.694. The number of para-hydroxylation sites is 1. The van der Waals surface area contributed by atoms with E-state index in [1.54, 1.807) is 11.3 Å².